The Balaban J connectivity index is 1.53. The van der Waals surface area contributed by atoms with Crippen LogP contribution in [0.5, 0.6) is 5.75 Å². The number of carbonyl (C=O) groups is 1. The van der Waals surface area contributed by atoms with Crippen molar-refractivity contribution in [1.82, 2.24) is 9.97 Å². The molecule has 1 aliphatic heterocycles. The van der Waals surface area contributed by atoms with Crippen LogP contribution in [0.4, 0.5) is 17.5 Å². The summed E-state index contributed by atoms with van der Waals surface area (Å²) < 4.78 is 5.26. The molecular weight excluding hydrogens is 354 g/mol. The van der Waals surface area contributed by atoms with Crippen LogP contribution in [0.15, 0.2) is 60.8 Å². The number of aromatic nitrogens is 2. The van der Waals surface area contributed by atoms with Gasteiger partial charge in [0.2, 0.25) is 11.9 Å². The van der Waals surface area contributed by atoms with Crippen LogP contribution in [-0.2, 0) is 17.9 Å². The third-order valence-corrected chi connectivity index (χ3v) is 4.48. The van der Waals surface area contributed by atoms with Crippen LogP contribution < -0.4 is 20.3 Å². The van der Waals surface area contributed by atoms with Gasteiger partial charge in [-0.15, -0.1) is 0 Å². The van der Waals surface area contributed by atoms with Crippen LogP contribution in [-0.4, -0.2) is 29.5 Å². The molecule has 0 saturated carbocycles. The molecule has 1 aromatic heterocycles. The molecule has 0 radical (unpaired) electrons. The van der Waals surface area contributed by atoms with Gasteiger partial charge >= 0.3 is 0 Å². The molecule has 0 saturated heterocycles. The van der Waals surface area contributed by atoms with Crippen molar-refractivity contribution in [1.29, 1.82) is 0 Å². The Bertz CT molecular complexity index is 978. The van der Waals surface area contributed by atoms with E-state index in [-0.39, 0.29) is 12.5 Å². The number of fused-ring (bicyclic) bond motifs is 1. The highest BCUT2D eigenvalue weighted by atomic mass is 16.5. The van der Waals surface area contributed by atoms with Crippen LogP contribution in [0.1, 0.15) is 11.1 Å². The van der Waals surface area contributed by atoms with E-state index in [0.29, 0.717) is 30.5 Å². The molecule has 142 valence electrons. The van der Waals surface area contributed by atoms with Crippen LogP contribution >= 0.6 is 0 Å². The molecule has 2 heterocycles. The Labute approximate surface area is 163 Å². The maximum absolute atomic E-state index is 12.0. The second kappa shape index (κ2) is 7.96. The van der Waals surface area contributed by atoms with E-state index in [1.165, 1.54) is 0 Å². The first-order chi connectivity index (χ1) is 13.7. The monoisotopic (exact) mass is 375 g/mol. The fourth-order valence-electron chi connectivity index (χ4n) is 3.12. The Kier molecular flexibility index (Phi) is 5.05. The van der Waals surface area contributed by atoms with Crippen molar-refractivity contribution < 1.29 is 9.53 Å². The van der Waals surface area contributed by atoms with Crippen molar-refractivity contribution in [3.63, 3.8) is 0 Å². The highest BCUT2D eigenvalue weighted by Crippen LogP contribution is 2.29. The maximum Gasteiger partial charge on any atom is 0.244 e. The lowest BCUT2D eigenvalue weighted by Gasteiger charge is -2.29. The molecule has 7 nitrogen and oxygen atoms in total. The number of hydrogen-bond donors (Lipinski definition) is 2. The maximum atomic E-state index is 12.0. The fourth-order valence-corrected chi connectivity index (χ4v) is 3.12. The first-order valence-electron chi connectivity index (χ1n) is 9.04. The normalized spacial score (nSPS) is 12.9. The first-order valence-corrected chi connectivity index (χ1v) is 9.04. The van der Waals surface area contributed by atoms with Crippen LogP contribution in [0, 0.1) is 0 Å². The molecule has 2 N–H and O–H groups in total. The lowest BCUT2D eigenvalue weighted by Crippen LogP contribution is -2.38. The van der Waals surface area contributed by atoms with Crippen molar-refractivity contribution in [3.05, 3.63) is 71.9 Å². The van der Waals surface area contributed by atoms with Crippen molar-refractivity contribution in [3.8, 4) is 5.75 Å². The topological polar surface area (TPSA) is 79.4 Å². The number of amides is 1. The van der Waals surface area contributed by atoms with E-state index in [1.54, 1.807) is 13.3 Å². The third kappa shape index (κ3) is 4.03. The molecule has 1 amide bonds. The van der Waals surface area contributed by atoms with Gasteiger partial charge in [0.1, 0.15) is 11.4 Å². The fraction of sp³-hybridized carbons (Fsp3) is 0.190. The standard InChI is InChI=1S/C21H21N5O2/c1-28-17-9-5-8-16(10-17)11-22-21-23-12-18-20(25-21)26(14-19(27)24-18)13-15-6-3-2-4-7-15/h2-10,12H,11,13-14H2,1H3,(H,24,27)(H,22,23,25). The Hall–Kier alpha value is -3.61. The summed E-state index contributed by atoms with van der Waals surface area (Å²) in [5, 5.41) is 6.08. The molecule has 0 aliphatic carbocycles. The summed E-state index contributed by atoms with van der Waals surface area (Å²) in [6.07, 6.45) is 1.64. The Morgan fingerprint density at radius 2 is 1.96 bits per heavy atom. The predicted octanol–water partition coefficient (Wildman–Crippen LogP) is 3.06. The number of rotatable bonds is 6. The van der Waals surface area contributed by atoms with Crippen LogP contribution in [0.2, 0.25) is 0 Å². The molecule has 2 aromatic carbocycles. The van der Waals surface area contributed by atoms with E-state index >= 15 is 0 Å². The molecule has 0 atom stereocenters. The second-order valence-corrected chi connectivity index (χ2v) is 6.53. The van der Waals surface area contributed by atoms with Crippen LogP contribution in [0.3, 0.4) is 0 Å². The van der Waals surface area contributed by atoms with Crippen molar-refractivity contribution in [2.24, 2.45) is 0 Å². The summed E-state index contributed by atoms with van der Waals surface area (Å²) in [5.41, 5.74) is 2.81. The summed E-state index contributed by atoms with van der Waals surface area (Å²) in [5.74, 6) is 1.97. The zero-order chi connectivity index (χ0) is 19.3. The Morgan fingerprint density at radius 3 is 2.79 bits per heavy atom. The number of nitrogens with one attached hydrogen (secondary N) is 2. The lowest BCUT2D eigenvalue weighted by atomic mass is 10.2. The van der Waals surface area contributed by atoms with Gasteiger partial charge < -0.3 is 20.3 Å². The summed E-state index contributed by atoms with van der Waals surface area (Å²) in [7, 11) is 1.65. The summed E-state index contributed by atoms with van der Waals surface area (Å²) in [6, 6.07) is 17.9. The van der Waals surface area contributed by atoms with Crippen molar-refractivity contribution in [2.75, 3.05) is 29.2 Å². The van der Waals surface area contributed by atoms with Gasteiger partial charge in [-0.1, -0.05) is 42.5 Å². The zero-order valence-electron chi connectivity index (χ0n) is 15.6. The summed E-state index contributed by atoms with van der Waals surface area (Å²) in [4.78, 5) is 23.0. The van der Waals surface area contributed by atoms with E-state index in [2.05, 4.69) is 20.6 Å². The minimum atomic E-state index is -0.0656. The number of carbonyl (C=O) groups excluding carboxylic acids is 1. The van der Waals surface area contributed by atoms with Crippen molar-refractivity contribution >= 4 is 23.4 Å². The molecule has 0 spiro atoms. The smallest absolute Gasteiger partial charge is 0.244 e. The number of nitrogens with zero attached hydrogens (tertiary/aromatic N) is 3. The van der Waals surface area contributed by atoms with E-state index < -0.39 is 0 Å². The van der Waals surface area contributed by atoms with E-state index in [0.717, 1.165) is 16.9 Å². The van der Waals surface area contributed by atoms with E-state index in [1.807, 2.05) is 59.5 Å². The quantitative estimate of drug-likeness (QED) is 0.689. The van der Waals surface area contributed by atoms with Gasteiger partial charge in [-0.25, -0.2) is 4.98 Å². The molecule has 0 bridgehead atoms. The predicted molar refractivity (Wildman–Crippen MR) is 108 cm³/mol. The van der Waals surface area contributed by atoms with Gasteiger partial charge in [0.05, 0.1) is 19.9 Å². The van der Waals surface area contributed by atoms with Crippen molar-refractivity contribution in [2.45, 2.75) is 13.1 Å². The SMILES string of the molecule is COc1cccc(CNc2ncc3c(n2)N(Cc2ccccc2)CC(=O)N3)c1. The molecular formula is C21H21N5O2. The number of ether oxygens (including phenoxy) is 1. The van der Waals surface area contributed by atoms with Gasteiger partial charge in [0.15, 0.2) is 5.82 Å². The molecule has 28 heavy (non-hydrogen) atoms. The van der Waals surface area contributed by atoms with Gasteiger partial charge in [-0.2, -0.15) is 4.98 Å². The van der Waals surface area contributed by atoms with Gasteiger partial charge in [-0.3, -0.25) is 4.79 Å². The molecule has 3 aromatic rings. The zero-order valence-corrected chi connectivity index (χ0v) is 15.6. The largest absolute Gasteiger partial charge is 0.497 e. The minimum Gasteiger partial charge on any atom is -0.497 e. The Morgan fingerprint density at radius 1 is 1.14 bits per heavy atom. The summed E-state index contributed by atoms with van der Waals surface area (Å²) >= 11 is 0. The minimum absolute atomic E-state index is 0.0656. The molecule has 0 fully saturated rings. The number of anilines is 3. The second-order valence-electron chi connectivity index (χ2n) is 6.53. The average molecular weight is 375 g/mol. The molecule has 1 aliphatic rings. The lowest BCUT2D eigenvalue weighted by molar-refractivity contribution is -0.115. The number of hydrogen-bond acceptors (Lipinski definition) is 6. The third-order valence-electron chi connectivity index (χ3n) is 4.48. The van der Waals surface area contributed by atoms with E-state index in [9.17, 15) is 4.79 Å². The van der Waals surface area contributed by atoms with Gasteiger partial charge in [0.25, 0.3) is 0 Å². The summed E-state index contributed by atoms with van der Waals surface area (Å²) in [6.45, 7) is 1.43. The number of methoxy groups -OCH3 is 1. The van der Waals surface area contributed by atoms with Gasteiger partial charge in [0, 0.05) is 13.1 Å². The first kappa shape index (κ1) is 17.8. The van der Waals surface area contributed by atoms with E-state index in [4.69, 9.17) is 4.74 Å². The number of benzene rings is 2. The molecule has 0 unspecified atom stereocenters. The van der Waals surface area contributed by atoms with Gasteiger partial charge in [-0.05, 0) is 23.3 Å². The molecule has 4 rings (SSSR count). The van der Waals surface area contributed by atoms with Crippen LogP contribution in [0.25, 0.3) is 0 Å². The highest BCUT2D eigenvalue weighted by molar-refractivity contribution is 6.00. The highest BCUT2D eigenvalue weighted by Gasteiger charge is 2.24. The molecule has 7 heteroatoms. The average Bonchev–Trinajstić information content (AvgIpc) is 2.73.